The first-order chi connectivity index (χ1) is 5.45. The Morgan fingerprint density at radius 1 is 1.25 bits per heavy atom. The fourth-order valence-corrected chi connectivity index (χ4v) is 0.918. The summed E-state index contributed by atoms with van der Waals surface area (Å²) in [6.07, 6.45) is 1.82. The molecule has 0 rings (SSSR count). The molecule has 1 unspecified atom stereocenters. The SMILES string of the molecule is CC(CC[C@H](C)C(N)=O)[C@@H](C)N. The fourth-order valence-electron chi connectivity index (χ4n) is 0.918. The molecule has 0 radical (unpaired) electrons. The minimum atomic E-state index is -0.216. The van der Waals surface area contributed by atoms with Gasteiger partial charge in [0.2, 0.25) is 5.91 Å². The molecule has 72 valence electrons. The van der Waals surface area contributed by atoms with Crippen LogP contribution in [0.5, 0.6) is 0 Å². The van der Waals surface area contributed by atoms with E-state index in [1.165, 1.54) is 0 Å². The summed E-state index contributed by atoms with van der Waals surface area (Å²) in [6, 6.07) is 0.199. The fraction of sp³-hybridized carbons (Fsp3) is 0.889. The van der Waals surface area contributed by atoms with E-state index in [0.717, 1.165) is 12.8 Å². The van der Waals surface area contributed by atoms with Crippen molar-refractivity contribution in [1.29, 1.82) is 0 Å². The largest absolute Gasteiger partial charge is 0.369 e. The number of rotatable bonds is 5. The Bertz CT molecular complexity index is 145. The second kappa shape index (κ2) is 5.14. The third-order valence-corrected chi connectivity index (χ3v) is 2.44. The standard InChI is InChI=1S/C9H20N2O/c1-6(8(3)10)4-5-7(2)9(11)12/h6-8H,4-5,10H2,1-3H3,(H2,11,12)/t6?,7-,8+/m0/s1. The second-order valence-corrected chi connectivity index (χ2v) is 3.72. The van der Waals surface area contributed by atoms with E-state index in [9.17, 15) is 4.79 Å². The molecule has 3 nitrogen and oxygen atoms in total. The van der Waals surface area contributed by atoms with Crippen molar-refractivity contribution in [2.24, 2.45) is 23.3 Å². The Morgan fingerprint density at radius 2 is 1.75 bits per heavy atom. The lowest BCUT2D eigenvalue weighted by molar-refractivity contribution is -0.121. The van der Waals surface area contributed by atoms with Crippen LogP contribution in [0.4, 0.5) is 0 Å². The summed E-state index contributed by atoms with van der Waals surface area (Å²) in [6.45, 7) is 5.94. The molecule has 0 bridgehead atoms. The van der Waals surface area contributed by atoms with E-state index in [-0.39, 0.29) is 17.9 Å². The van der Waals surface area contributed by atoms with E-state index in [0.29, 0.717) is 5.92 Å². The smallest absolute Gasteiger partial charge is 0.220 e. The molecule has 0 aliphatic carbocycles. The van der Waals surface area contributed by atoms with Crippen molar-refractivity contribution in [3.63, 3.8) is 0 Å². The lowest BCUT2D eigenvalue weighted by Crippen LogP contribution is -2.26. The molecule has 0 saturated heterocycles. The van der Waals surface area contributed by atoms with Gasteiger partial charge >= 0.3 is 0 Å². The highest BCUT2D eigenvalue weighted by molar-refractivity contribution is 5.76. The van der Waals surface area contributed by atoms with Gasteiger partial charge in [0, 0.05) is 12.0 Å². The van der Waals surface area contributed by atoms with Gasteiger partial charge in [-0.2, -0.15) is 0 Å². The maximum absolute atomic E-state index is 10.7. The number of hydrogen-bond donors (Lipinski definition) is 2. The highest BCUT2D eigenvalue weighted by Crippen LogP contribution is 2.13. The molecule has 0 aliphatic rings. The quantitative estimate of drug-likeness (QED) is 0.646. The molecular weight excluding hydrogens is 152 g/mol. The number of carbonyl (C=O) groups is 1. The topological polar surface area (TPSA) is 69.1 Å². The van der Waals surface area contributed by atoms with Gasteiger partial charge in [0.1, 0.15) is 0 Å². The number of primary amides is 1. The first kappa shape index (κ1) is 11.4. The van der Waals surface area contributed by atoms with Gasteiger partial charge < -0.3 is 11.5 Å². The van der Waals surface area contributed by atoms with E-state index in [1.54, 1.807) is 0 Å². The molecule has 12 heavy (non-hydrogen) atoms. The van der Waals surface area contributed by atoms with Crippen molar-refractivity contribution in [2.75, 3.05) is 0 Å². The van der Waals surface area contributed by atoms with E-state index in [2.05, 4.69) is 6.92 Å². The van der Waals surface area contributed by atoms with Gasteiger partial charge in [0.05, 0.1) is 0 Å². The van der Waals surface area contributed by atoms with Gasteiger partial charge in [-0.15, -0.1) is 0 Å². The third kappa shape index (κ3) is 4.34. The van der Waals surface area contributed by atoms with Crippen LogP contribution in [0.3, 0.4) is 0 Å². The average molecular weight is 172 g/mol. The molecule has 0 saturated carbocycles. The van der Waals surface area contributed by atoms with Gasteiger partial charge in [0.15, 0.2) is 0 Å². The average Bonchev–Trinajstić information content (AvgIpc) is 1.98. The maximum atomic E-state index is 10.7. The first-order valence-corrected chi connectivity index (χ1v) is 4.50. The molecule has 0 aromatic heterocycles. The van der Waals surface area contributed by atoms with Crippen LogP contribution in [-0.2, 0) is 4.79 Å². The van der Waals surface area contributed by atoms with Crippen molar-refractivity contribution in [3.05, 3.63) is 0 Å². The minimum absolute atomic E-state index is 0.0220. The zero-order valence-corrected chi connectivity index (χ0v) is 8.21. The van der Waals surface area contributed by atoms with Crippen molar-refractivity contribution in [2.45, 2.75) is 39.7 Å². The molecule has 4 N–H and O–H groups in total. The van der Waals surface area contributed by atoms with E-state index in [4.69, 9.17) is 11.5 Å². The second-order valence-electron chi connectivity index (χ2n) is 3.72. The van der Waals surface area contributed by atoms with Crippen LogP contribution < -0.4 is 11.5 Å². The molecule has 3 atom stereocenters. The molecule has 0 fully saturated rings. The Morgan fingerprint density at radius 3 is 2.08 bits per heavy atom. The molecule has 0 spiro atoms. The number of nitrogens with two attached hydrogens (primary N) is 2. The van der Waals surface area contributed by atoms with Crippen LogP contribution in [0.15, 0.2) is 0 Å². The summed E-state index contributed by atoms with van der Waals surface area (Å²) in [5.41, 5.74) is 10.8. The molecule has 1 amide bonds. The van der Waals surface area contributed by atoms with Crippen LogP contribution in [0, 0.1) is 11.8 Å². The minimum Gasteiger partial charge on any atom is -0.369 e. The predicted octanol–water partition coefficient (Wildman–Crippen LogP) is 0.871. The van der Waals surface area contributed by atoms with Crippen molar-refractivity contribution in [1.82, 2.24) is 0 Å². The molecular formula is C9H20N2O. The zero-order chi connectivity index (χ0) is 9.72. The Labute approximate surface area is 74.5 Å². The highest BCUT2D eigenvalue weighted by atomic mass is 16.1. The summed E-state index contributed by atoms with van der Waals surface area (Å²) >= 11 is 0. The van der Waals surface area contributed by atoms with Crippen LogP contribution in [0.1, 0.15) is 33.6 Å². The highest BCUT2D eigenvalue weighted by Gasteiger charge is 2.12. The summed E-state index contributed by atoms with van der Waals surface area (Å²) < 4.78 is 0. The zero-order valence-electron chi connectivity index (χ0n) is 8.21. The lowest BCUT2D eigenvalue weighted by atomic mass is 9.93. The monoisotopic (exact) mass is 172 g/mol. The number of amides is 1. The Hall–Kier alpha value is -0.570. The molecule has 0 heterocycles. The summed E-state index contributed by atoms with van der Waals surface area (Å²) in [5.74, 6) is 0.227. The number of carbonyl (C=O) groups excluding carboxylic acids is 1. The lowest BCUT2D eigenvalue weighted by Gasteiger charge is -2.16. The van der Waals surface area contributed by atoms with Gasteiger partial charge in [-0.1, -0.05) is 13.8 Å². The Kier molecular flexibility index (Phi) is 4.90. The van der Waals surface area contributed by atoms with Gasteiger partial charge in [-0.05, 0) is 25.7 Å². The summed E-state index contributed by atoms with van der Waals surface area (Å²) in [4.78, 5) is 10.7. The van der Waals surface area contributed by atoms with Crippen LogP contribution in [-0.4, -0.2) is 11.9 Å². The van der Waals surface area contributed by atoms with Crippen LogP contribution >= 0.6 is 0 Å². The Balaban J connectivity index is 3.61. The summed E-state index contributed by atoms with van der Waals surface area (Å²) in [7, 11) is 0. The van der Waals surface area contributed by atoms with E-state index < -0.39 is 0 Å². The number of hydrogen-bond acceptors (Lipinski definition) is 2. The summed E-state index contributed by atoms with van der Waals surface area (Å²) in [5, 5.41) is 0. The van der Waals surface area contributed by atoms with Crippen LogP contribution in [0.2, 0.25) is 0 Å². The van der Waals surface area contributed by atoms with Crippen molar-refractivity contribution >= 4 is 5.91 Å². The van der Waals surface area contributed by atoms with E-state index >= 15 is 0 Å². The van der Waals surface area contributed by atoms with E-state index in [1.807, 2.05) is 13.8 Å². The van der Waals surface area contributed by atoms with Crippen LogP contribution in [0.25, 0.3) is 0 Å². The maximum Gasteiger partial charge on any atom is 0.220 e. The van der Waals surface area contributed by atoms with Crippen molar-refractivity contribution in [3.8, 4) is 0 Å². The molecule has 0 aromatic carbocycles. The molecule has 3 heteroatoms. The molecule has 0 aliphatic heterocycles. The van der Waals surface area contributed by atoms with Crippen molar-refractivity contribution < 1.29 is 4.79 Å². The normalized spacial score (nSPS) is 18.3. The van der Waals surface area contributed by atoms with Gasteiger partial charge in [-0.3, -0.25) is 4.79 Å². The first-order valence-electron chi connectivity index (χ1n) is 4.50. The molecule has 0 aromatic rings. The van der Waals surface area contributed by atoms with Gasteiger partial charge in [-0.25, -0.2) is 0 Å². The van der Waals surface area contributed by atoms with Gasteiger partial charge in [0.25, 0.3) is 0 Å². The predicted molar refractivity (Wildman–Crippen MR) is 50.4 cm³/mol. The third-order valence-electron chi connectivity index (χ3n) is 2.44.